The average Bonchev–Trinajstić information content (AvgIpc) is 2.84. The molecule has 1 heterocycles. The number of rotatable bonds is 7. The van der Waals surface area contributed by atoms with Gasteiger partial charge < -0.3 is 10.6 Å². The number of nitrogens with two attached hydrogens (primary N) is 1. The topological polar surface area (TPSA) is 47.1 Å². The quantitative estimate of drug-likeness (QED) is 0.851. The van der Waals surface area contributed by atoms with E-state index in [-0.39, 0.29) is 0 Å². The van der Waals surface area contributed by atoms with E-state index in [9.17, 15) is 0 Å². The average molecular weight is 286 g/mol. The van der Waals surface area contributed by atoms with Crippen LogP contribution >= 0.6 is 0 Å². The molecule has 21 heavy (non-hydrogen) atoms. The second-order valence-electron chi connectivity index (χ2n) is 5.49. The first-order chi connectivity index (χ1) is 10.1. The van der Waals surface area contributed by atoms with Gasteiger partial charge in [0.25, 0.3) is 0 Å². The van der Waals surface area contributed by atoms with Gasteiger partial charge in [-0.15, -0.1) is 0 Å². The van der Waals surface area contributed by atoms with Crippen LogP contribution in [0.5, 0.6) is 0 Å². The van der Waals surface area contributed by atoms with Crippen LogP contribution in [0.2, 0.25) is 0 Å². The summed E-state index contributed by atoms with van der Waals surface area (Å²) < 4.78 is 2.08. The number of aromatic nitrogens is 2. The van der Waals surface area contributed by atoms with Gasteiger partial charge in [0.1, 0.15) is 0 Å². The Kier molecular flexibility index (Phi) is 5.39. The number of anilines is 1. The highest BCUT2D eigenvalue weighted by Crippen LogP contribution is 2.19. The standard InChI is InChI=1S/C17H26N4/c1-4-21-17(12-15(3)19-21)13-20(11-5-10-18)16-8-6-14(2)7-9-16/h6-9,12H,4-5,10-11,13,18H2,1-3H3. The molecule has 0 aliphatic rings. The molecular weight excluding hydrogens is 260 g/mol. The lowest BCUT2D eigenvalue weighted by Gasteiger charge is -2.25. The minimum absolute atomic E-state index is 0.717. The van der Waals surface area contributed by atoms with Crippen molar-refractivity contribution in [3.05, 3.63) is 47.3 Å². The van der Waals surface area contributed by atoms with E-state index < -0.39 is 0 Å². The minimum Gasteiger partial charge on any atom is -0.366 e. The maximum absolute atomic E-state index is 5.69. The van der Waals surface area contributed by atoms with E-state index >= 15 is 0 Å². The normalized spacial score (nSPS) is 10.9. The molecule has 1 aromatic heterocycles. The van der Waals surface area contributed by atoms with E-state index in [1.807, 2.05) is 6.92 Å². The molecule has 2 rings (SSSR count). The summed E-state index contributed by atoms with van der Waals surface area (Å²) in [5.74, 6) is 0. The predicted octanol–water partition coefficient (Wildman–Crippen LogP) is 2.88. The fourth-order valence-corrected chi connectivity index (χ4v) is 2.53. The molecule has 0 bridgehead atoms. The van der Waals surface area contributed by atoms with Crippen molar-refractivity contribution >= 4 is 5.69 Å². The number of benzene rings is 1. The van der Waals surface area contributed by atoms with Gasteiger partial charge in [0.05, 0.1) is 17.9 Å². The summed E-state index contributed by atoms with van der Waals surface area (Å²) >= 11 is 0. The highest BCUT2D eigenvalue weighted by molar-refractivity contribution is 5.47. The largest absolute Gasteiger partial charge is 0.366 e. The van der Waals surface area contributed by atoms with Gasteiger partial charge in [-0.2, -0.15) is 5.10 Å². The zero-order valence-electron chi connectivity index (χ0n) is 13.3. The third-order valence-corrected chi connectivity index (χ3v) is 3.67. The second kappa shape index (κ2) is 7.27. The Morgan fingerprint density at radius 3 is 2.52 bits per heavy atom. The lowest BCUT2D eigenvalue weighted by atomic mass is 10.2. The van der Waals surface area contributed by atoms with Gasteiger partial charge in [0.15, 0.2) is 0 Å². The maximum Gasteiger partial charge on any atom is 0.0599 e. The Labute approximate surface area is 127 Å². The van der Waals surface area contributed by atoms with Gasteiger partial charge >= 0.3 is 0 Å². The molecule has 0 radical (unpaired) electrons. The molecule has 0 atom stereocenters. The van der Waals surface area contributed by atoms with Gasteiger partial charge in [-0.3, -0.25) is 4.68 Å². The first kappa shape index (κ1) is 15.6. The summed E-state index contributed by atoms with van der Waals surface area (Å²) in [6.07, 6.45) is 0.993. The summed E-state index contributed by atoms with van der Waals surface area (Å²) in [5.41, 5.74) is 10.6. The summed E-state index contributed by atoms with van der Waals surface area (Å²) in [6.45, 7) is 9.75. The monoisotopic (exact) mass is 286 g/mol. The van der Waals surface area contributed by atoms with E-state index in [0.29, 0.717) is 6.54 Å². The van der Waals surface area contributed by atoms with Crippen molar-refractivity contribution in [3.63, 3.8) is 0 Å². The Morgan fingerprint density at radius 1 is 1.19 bits per heavy atom. The molecule has 0 aliphatic carbocycles. The number of aryl methyl sites for hydroxylation is 3. The van der Waals surface area contributed by atoms with Crippen molar-refractivity contribution in [1.29, 1.82) is 0 Å². The van der Waals surface area contributed by atoms with Crippen LogP contribution in [0.25, 0.3) is 0 Å². The summed E-state index contributed by atoms with van der Waals surface area (Å²) in [7, 11) is 0. The van der Waals surface area contributed by atoms with Gasteiger partial charge in [-0.25, -0.2) is 0 Å². The van der Waals surface area contributed by atoms with E-state index in [2.05, 4.69) is 58.9 Å². The molecule has 114 valence electrons. The Balaban J connectivity index is 2.21. The Hall–Kier alpha value is -1.81. The molecule has 2 N–H and O–H groups in total. The molecule has 0 fully saturated rings. The van der Waals surface area contributed by atoms with E-state index in [4.69, 9.17) is 5.73 Å². The molecule has 0 spiro atoms. The molecular formula is C17H26N4. The van der Waals surface area contributed by atoms with E-state index in [1.54, 1.807) is 0 Å². The zero-order chi connectivity index (χ0) is 15.2. The van der Waals surface area contributed by atoms with E-state index in [0.717, 1.165) is 31.7 Å². The van der Waals surface area contributed by atoms with Crippen molar-refractivity contribution < 1.29 is 0 Å². The predicted molar refractivity (Wildman–Crippen MR) is 88.5 cm³/mol. The lowest BCUT2D eigenvalue weighted by Crippen LogP contribution is -2.27. The first-order valence-electron chi connectivity index (χ1n) is 7.69. The van der Waals surface area contributed by atoms with Crippen molar-refractivity contribution in [1.82, 2.24) is 9.78 Å². The maximum atomic E-state index is 5.69. The van der Waals surface area contributed by atoms with Crippen LogP contribution < -0.4 is 10.6 Å². The smallest absolute Gasteiger partial charge is 0.0599 e. The lowest BCUT2D eigenvalue weighted by molar-refractivity contribution is 0.602. The van der Waals surface area contributed by atoms with Gasteiger partial charge in [0, 0.05) is 18.8 Å². The van der Waals surface area contributed by atoms with Crippen LogP contribution in [0.3, 0.4) is 0 Å². The first-order valence-corrected chi connectivity index (χ1v) is 7.69. The molecule has 1 aromatic carbocycles. The van der Waals surface area contributed by atoms with E-state index in [1.165, 1.54) is 16.9 Å². The zero-order valence-corrected chi connectivity index (χ0v) is 13.3. The Morgan fingerprint density at radius 2 is 1.90 bits per heavy atom. The van der Waals surface area contributed by atoms with Crippen LogP contribution in [0.1, 0.15) is 30.3 Å². The van der Waals surface area contributed by atoms with Crippen LogP contribution in [0.4, 0.5) is 5.69 Å². The number of nitrogens with zero attached hydrogens (tertiary/aromatic N) is 3. The highest BCUT2D eigenvalue weighted by atomic mass is 15.3. The van der Waals surface area contributed by atoms with Crippen molar-refractivity contribution in [2.24, 2.45) is 5.73 Å². The summed E-state index contributed by atoms with van der Waals surface area (Å²) in [5, 5.41) is 4.54. The van der Waals surface area contributed by atoms with Crippen LogP contribution in [-0.2, 0) is 13.1 Å². The fourth-order valence-electron chi connectivity index (χ4n) is 2.53. The summed E-state index contributed by atoms with van der Waals surface area (Å²) in [4.78, 5) is 2.38. The van der Waals surface area contributed by atoms with Gasteiger partial charge in [0.2, 0.25) is 0 Å². The van der Waals surface area contributed by atoms with Crippen molar-refractivity contribution in [2.75, 3.05) is 18.0 Å². The fraction of sp³-hybridized carbons (Fsp3) is 0.471. The summed E-state index contributed by atoms with van der Waals surface area (Å²) in [6, 6.07) is 10.9. The molecule has 4 heteroatoms. The highest BCUT2D eigenvalue weighted by Gasteiger charge is 2.11. The molecule has 4 nitrogen and oxygen atoms in total. The van der Waals surface area contributed by atoms with Crippen LogP contribution in [0.15, 0.2) is 30.3 Å². The second-order valence-corrected chi connectivity index (χ2v) is 5.49. The molecule has 2 aromatic rings. The van der Waals surface area contributed by atoms with Gasteiger partial charge in [-0.1, -0.05) is 17.7 Å². The minimum atomic E-state index is 0.717. The Bertz CT molecular complexity index is 557. The van der Waals surface area contributed by atoms with Crippen LogP contribution in [-0.4, -0.2) is 22.9 Å². The molecule has 0 amide bonds. The third-order valence-electron chi connectivity index (χ3n) is 3.67. The molecule has 0 saturated heterocycles. The molecule has 0 unspecified atom stereocenters. The van der Waals surface area contributed by atoms with Gasteiger partial charge in [-0.05, 0) is 51.9 Å². The third kappa shape index (κ3) is 4.08. The number of hydrogen-bond acceptors (Lipinski definition) is 3. The molecule has 0 aliphatic heterocycles. The van der Waals surface area contributed by atoms with Crippen LogP contribution in [0, 0.1) is 13.8 Å². The number of hydrogen-bond donors (Lipinski definition) is 1. The van der Waals surface area contributed by atoms with Crippen molar-refractivity contribution in [3.8, 4) is 0 Å². The van der Waals surface area contributed by atoms with Crippen molar-refractivity contribution in [2.45, 2.75) is 40.3 Å². The SMILES string of the molecule is CCn1nc(C)cc1CN(CCCN)c1ccc(C)cc1. The molecule has 0 saturated carbocycles.